The number of halogens is 1. The van der Waals surface area contributed by atoms with Crippen LogP contribution in [0.5, 0.6) is 0 Å². The fourth-order valence-electron chi connectivity index (χ4n) is 2.31. The van der Waals surface area contributed by atoms with E-state index >= 15 is 0 Å². The van der Waals surface area contributed by atoms with Gasteiger partial charge in [0, 0.05) is 18.8 Å². The first-order valence-electron chi connectivity index (χ1n) is 6.57. The fourth-order valence-corrected chi connectivity index (χ4v) is 4.44. The number of benzene rings is 1. The average Bonchev–Trinajstić information content (AvgIpc) is 2.41. The number of morpholine rings is 1. The molecular formula is C13H19ClN2O4S. The maximum absolute atomic E-state index is 12.7. The zero-order chi connectivity index (χ0) is 15.8. The van der Waals surface area contributed by atoms with E-state index in [0.29, 0.717) is 5.69 Å². The molecule has 118 valence electrons. The highest BCUT2D eigenvalue weighted by Crippen LogP contribution is 2.30. The monoisotopic (exact) mass is 334 g/mol. The summed E-state index contributed by atoms with van der Waals surface area (Å²) in [5.41, 5.74) is 6.89. The van der Waals surface area contributed by atoms with Crippen LogP contribution in [0.1, 0.15) is 12.5 Å². The van der Waals surface area contributed by atoms with Crippen LogP contribution >= 0.6 is 11.6 Å². The average molecular weight is 335 g/mol. The van der Waals surface area contributed by atoms with Gasteiger partial charge >= 0.3 is 0 Å². The normalized spacial score (nSPS) is 24.2. The number of nitrogens with two attached hydrogens (primary N) is 1. The Morgan fingerprint density at radius 3 is 2.76 bits per heavy atom. The second-order valence-corrected chi connectivity index (χ2v) is 7.53. The van der Waals surface area contributed by atoms with Crippen molar-refractivity contribution >= 4 is 27.3 Å². The summed E-state index contributed by atoms with van der Waals surface area (Å²) in [7, 11) is -3.78. The molecule has 2 rings (SSSR count). The third-order valence-electron chi connectivity index (χ3n) is 3.43. The number of aliphatic hydroxyl groups excluding tert-OH is 1. The van der Waals surface area contributed by atoms with E-state index in [2.05, 4.69) is 0 Å². The summed E-state index contributed by atoms with van der Waals surface area (Å²) in [6.07, 6.45) is -0.836. The lowest BCUT2D eigenvalue weighted by atomic mass is 10.2. The van der Waals surface area contributed by atoms with E-state index in [-0.39, 0.29) is 35.7 Å². The molecule has 1 aromatic carbocycles. The number of ether oxygens (including phenoxy) is 1. The Bertz CT molecular complexity index is 635. The molecular weight excluding hydrogens is 316 g/mol. The zero-order valence-corrected chi connectivity index (χ0v) is 13.5. The third kappa shape index (κ3) is 3.32. The molecule has 0 bridgehead atoms. The molecule has 1 saturated heterocycles. The van der Waals surface area contributed by atoms with Crippen molar-refractivity contribution in [2.75, 3.05) is 25.4 Å². The highest BCUT2D eigenvalue weighted by Gasteiger charge is 2.34. The number of anilines is 1. The summed E-state index contributed by atoms with van der Waals surface area (Å²) in [5, 5.41) is 9.35. The minimum Gasteiger partial charge on any atom is -0.398 e. The van der Waals surface area contributed by atoms with Gasteiger partial charge in [0.1, 0.15) is 4.90 Å². The van der Waals surface area contributed by atoms with E-state index in [4.69, 9.17) is 22.1 Å². The van der Waals surface area contributed by atoms with Gasteiger partial charge in [0.25, 0.3) is 0 Å². The van der Waals surface area contributed by atoms with E-state index in [9.17, 15) is 13.5 Å². The van der Waals surface area contributed by atoms with Gasteiger partial charge in [0.2, 0.25) is 10.0 Å². The Balaban J connectivity index is 2.40. The van der Waals surface area contributed by atoms with Crippen molar-refractivity contribution in [3.8, 4) is 0 Å². The second-order valence-electron chi connectivity index (χ2n) is 5.21. The topological polar surface area (TPSA) is 92.9 Å². The molecule has 2 atom stereocenters. The fraction of sp³-hybridized carbons (Fsp3) is 0.538. The molecule has 3 N–H and O–H groups in total. The standard InChI is InChI=1S/C13H19ClN2O4S/c1-8-3-11(14)13(4-12(8)15)21(18,19)16-5-9(2)20-10(6-16)7-17/h3-4,9-10,17H,5-7,15H2,1-2H3. The molecule has 21 heavy (non-hydrogen) atoms. The number of hydrogen-bond acceptors (Lipinski definition) is 5. The first-order chi connectivity index (χ1) is 9.75. The molecule has 1 aromatic rings. The maximum Gasteiger partial charge on any atom is 0.244 e. The largest absolute Gasteiger partial charge is 0.398 e. The van der Waals surface area contributed by atoms with Crippen LogP contribution in [0.2, 0.25) is 5.02 Å². The molecule has 1 fully saturated rings. The molecule has 0 amide bonds. The Morgan fingerprint density at radius 2 is 2.14 bits per heavy atom. The van der Waals surface area contributed by atoms with Crippen molar-refractivity contribution < 1.29 is 18.3 Å². The zero-order valence-electron chi connectivity index (χ0n) is 11.9. The highest BCUT2D eigenvalue weighted by atomic mass is 35.5. The lowest BCUT2D eigenvalue weighted by Crippen LogP contribution is -2.50. The van der Waals surface area contributed by atoms with Gasteiger partial charge < -0.3 is 15.6 Å². The maximum atomic E-state index is 12.7. The Labute approximate surface area is 129 Å². The molecule has 8 heteroatoms. The second kappa shape index (κ2) is 6.10. The third-order valence-corrected chi connectivity index (χ3v) is 5.73. The van der Waals surface area contributed by atoms with Crippen molar-refractivity contribution in [1.82, 2.24) is 4.31 Å². The van der Waals surface area contributed by atoms with Crippen LogP contribution in [0.15, 0.2) is 17.0 Å². The van der Waals surface area contributed by atoms with E-state index < -0.39 is 16.1 Å². The van der Waals surface area contributed by atoms with Crippen molar-refractivity contribution in [2.24, 2.45) is 0 Å². The Morgan fingerprint density at radius 1 is 1.48 bits per heavy atom. The Hall–Kier alpha value is -0.860. The molecule has 6 nitrogen and oxygen atoms in total. The molecule has 1 heterocycles. The van der Waals surface area contributed by atoms with Gasteiger partial charge in [-0.3, -0.25) is 0 Å². The summed E-state index contributed by atoms with van der Waals surface area (Å²) in [4.78, 5) is -0.0157. The lowest BCUT2D eigenvalue weighted by molar-refractivity contribution is -0.0750. The summed E-state index contributed by atoms with van der Waals surface area (Å²) < 4.78 is 32.2. The molecule has 0 radical (unpaired) electrons. The summed E-state index contributed by atoms with van der Waals surface area (Å²) in [5.74, 6) is 0. The molecule has 1 aliphatic rings. The highest BCUT2D eigenvalue weighted by molar-refractivity contribution is 7.89. The number of nitrogen functional groups attached to an aromatic ring is 1. The number of sulfonamides is 1. The van der Waals surface area contributed by atoms with Gasteiger partial charge in [-0.15, -0.1) is 0 Å². The van der Waals surface area contributed by atoms with Crippen LogP contribution < -0.4 is 5.73 Å². The van der Waals surface area contributed by atoms with E-state index in [0.717, 1.165) is 5.56 Å². The minimum atomic E-state index is -3.78. The van der Waals surface area contributed by atoms with Gasteiger partial charge in [0.05, 0.1) is 23.8 Å². The van der Waals surface area contributed by atoms with Crippen molar-refractivity contribution in [2.45, 2.75) is 31.0 Å². The molecule has 0 spiro atoms. The van der Waals surface area contributed by atoms with E-state index in [1.807, 2.05) is 0 Å². The molecule has 0 aromatic heterocycles. The van der Waals surface area contributed by atoms with Crippen LogP contribution in [-0.4, -0.2) is 49.7 Å². The first kappa shape index (κ1) is 16.5. The van der Waals surface area contributed by atoms with Gasteiger partial charge in [-0.05, 0) is 31.5 Å². The van der Waals surface area contributed by atoms with E-state index in [1.165, 1.54) is 16.4 Å². The number of hydrogen-bond donors (Lipinski definition) is 2. The van der Waals surface area contributed by atoms with Gasteiger partial charge in [0.15, 0.2) is 0 Å². The quantitative estimate of drug-likeness (QED) is 0.804. The lowest BCUT2D eigenvalue weighted by Gasteiger charge is -2.35. The SMILES string of the molecule is Cc1cc(Cl)c(S(=O)(=O)N2CC(C)OC(CO)C2)cc1N. The summed E-state index contributed by atoms with van der Waals surface area (Å²) >= 11 is 6.07. The summed E-state index contributed by atoms with van der Waals surface area (Å²) in [6.45, 7) is 3.59. The van der Waals surface area contributed by atoms with Crippen LogP contribution in [0.25, 0.3) is 0 Å². The smallest absolute Gasteiger partial charge is 0.244 e. The van der Waals surface area contributed by atoms with E-state index in [1.54, 1.807) is 13.8 Å². The molecule has 0 saturated carbocycles. The summed E-state index contributed by atoms with van der Waals surface area (Å²) in [6, 6.07) is 2.91. The number of nitrogens with zero attached hydrogens (tertiary/aromatic N) is 1. The van der Waals surface area contributed by atoms with Crippen molar-refractivity contribution in [3.05, 3.63) is 22.7 Å². The Kier molecular flexibility index (Phi) is 4.79. The van der Waals surface area contributed by atoms with Crippen molar-refractivity contribution in [1.29, 1.82) is 0 Å². The minimum absolute atomic E-state index is 0.0157. The number of rotatable bonds is 3. The van der Waals surface area contributed by atoms with Crippen LogP contribution in [0, 0.1) is 6.92 Å². The molecule has 1 aliphatic heterocycles. The van der Waals surface area contributed by atoms with Crippen LogP contribution in [-0.2, 0) is 14.8 Å². The van der Waals surface area contributed by atoms with Gasteiger partial charge in [-0.2, -0.15) is 4.31 Å². The number of aryl methyl sites for hydroxylation is 1. The van der Waals surface area contributed by atoms with Crippen LogP contribution in [0.4, 0.5) is 5.69 Å². The predicted molar refractivity (Wildman–Crippen MR) is 80.8 cm³/mol. The number of aliphatic hydroxyl groups is 1. The van der Waals surface area contributed by atoms with Crippen molar-refractivity contribution in [3.63, 3.8) is 0 Å². The van der Waals surface area contributed by atoms with Gasteiger partial charge in [-0.25, -0.2) is 8.42 Å². The predicted octanol–water partition coefficient (Wildman–Crippen LogP) is 1.00. The first-order valence-corrected chi connectivity index (χ1v) is 8.39. The molecule has 2 unspecified atom stereocenters. The van der Waals surface area contributed by atoms with Crippen LogP contribution in [0.3, 0.4) is 0 Å². The molecule has 0 aliphatic carbocycles. The van der Waals surface area contributed by atoms with Gasteiger partial charge in [-0.1, -0.05) is 11.6 Å².